The zero-order valence-electron chi connectivity index (χ0n) is 13.6. The number of anilines is 1. The van der Waals surface area contributed by atoms with E-state index in [9.17, 15) is 9.59 Å². The molecule has 6 nitrogen and oxygen atoms in total. The van der Waals surface area contributed by atoms with Crippen molar-refractivity contribution >= 4 is 29.2 Å². The maximum Gasteiger partial charge on any atom is 0.316 e. The maximum atomic E-state index is 12.0. The van der Waals surface area contributed by atoms with Gasteiger partial charge in [0.05, 0.1) is 6.61 Å². The Labute approximate surface area is 151 Å². The summed E-state index contributed by atoms with van der Waals surface area (Å²) in [5.41, 5.74) is 6.09. The zero-order chi connectivity index (χ0) is 18.1. The monoisotopic (exact) mass is 361 g/mol. The van der Waals surface area contributed by atoms with E-state index < -0.39 is 6.03 Å². The first-order valence-corrected chi connectivity index (χ1v) is 8.25. The van der Waals surface area contributed by atoms with Gasteiger partial charge in [-0.15, -0.1) is 0 Å². The molecule has 2 aromatic rings. The van der Waals surface area contributed by atoms with E-state index in [0.717, 1.165) is 18.6 Å². The summed E-state index contributed by atoms with van der Waals surface area (Å²) in [6.45, 7) is 1.13. The minimum absolute atomic E-state index is 0.163. The summed E-state index contributed by atoms with van der Waals surface area (Å²) in [7, 11) is 0. The number of benzene rings is 2. The van der Waals surface area contributed by atoms with E-state index in [4.69, 9.17) is 22.1 Å². The lowest BCUT2D eigenvalue weighted by Gasteiger charge is -2.08. The molecule has 25 heavy (non-hydrogen) atoms. The van der Waals surface area contributed by atoms with Gasteiger partial charge in [0.15, 0.2) is 0 Å². The highest BCUT2D eigenvalue weighted by molar-refractivity contribution is 6.30. The standard InChI is InChI=1S/C18H20ClN3O3/c19-14-5-9-16(10-6-14)25-12-2-1-11-21-17(23)13-3-7-15(8-4-13)22-18(20)24/h3-10H,1-2,11-12H2,(H,21,23)(H3,20,22,24). The Balaban J connectivity index is 1.63. The summed E-state index contributed by atoms with van der Waals surface area (Å²) < 4.78 is 5.58. The first-order chi connectivity index (χ1) is 12.0. The van der Waals surface area contributed by atoms with Gasteiger partial charge in [0.2, 0.25) is 0 Å². The first kappa shape index (κ1) is 18.6. The second kappa shape index (κ2) is 9.54. The Kier molecular flexibility index (Phi) is 7.10. The highest BCUT2D eigenvalue weighted by atomic mass is 35.5. The molecule has 4 N–H and O–H groups in total. The molecule has 0 spiro atoms. The SMILES string of the molecule is NC(=O)Nc1ccc(C(=O)NCCCCOc2ccc(Cl)cc2)cc1. The van der Waals surface area contributed by atoms with Crippen LogP contribution in [0, 0.1) is 0 Å². The van der Waals surface area contributed by atoms with Gasteiger partial charge in [-0.3, -0.25) is 4.79 Å². The number of halogens is 1. The molecule has 0 fully saturated rings. The summed E-state index contributed by atoms with van der Waals surface area (Å²) >= 11 is 5.81. The lowest BCUT2D eigenvalue weighted by molar-refractivity contribution is 0.0952. The third kappa shape index (κ3) is 6.73. The first-order valence-electron chi connectivity index (χ1n) is 7.87. The molecular formula is C18H20ClN3O3. The predicted molar refractivity (Wildman–Crippen MR) is 98.2 cm³/mol. The Morgan fingerprint density at radius 1 is 1.00 bits per heavy atom. The minimum Gasteiger partial charge on any atom is -0.494 e. The number of ether oxygens (including phenoxy) is 1. The van der Waals surface area contributed by atoms with Gasteiger partial charge in [-0.2, -0.15) is 0 Å². The van der Waals surface area contributed by atoms with Crippen molar-refractivity contribution in [3.05, 3.63) is 59.1 Å². The number of urea groups is 1. The van der Waals surface area contributed by atoms with E-state index in [2.05, 4.69) is 10.6 Å². The van der Waals surface area contributed by atoms with Crippen molar-refractivity contribution in [2.75, 3.05) is 18.5 Å². The van der Waals surface area contributed by atoms with Crippen LogP contribution in [0.3, 0.4) is 0 Å². The van der Waals surface area contributed by atoms with Crippen LogP contribution in [0.15, 0.2) is 48.5 Å². The van der Waals surface area contributed by atoms with Crippen molar-refractivity contribution in [2.24, 2.45) is 5.73 Å². The van der Waals surface area contributed by atoms with Crippen LogP contribution >= 0.6 is 11.6 Å². The van der Waals surface area contributed by atoms with Crippen LogP contribution in [-0.2, 0) is 0 Å². The molecule has 0 heterocycles. The second-order valence-electron chi connectivity index (χ2n) is 5.33. The molecule has 3 amide bonds. The number of carbonyl (C=O) groups excluding carboxylic acids is 2. The van der Waals surface area contributed by atoms with E-state index >= 15 is 0 Å². The lowest BCUT2D eigenvalue weighted by atomic mass is 10.2. The van der Waals surface area contributed by atoms with Gasteiger partial charge in [0.1, 0.15) is 5.75 Å². The number of nitrogens with two attached hydrogens (primary N) is 1. The molecule has 0 bridgehead atoms. The van der Waals surface area contributed by atoms with Gasteiger partial charge in [-0.05, 0) is 61.4 Å². The van der Waals surface area contributed by atoms with Crippen LogP contribution < -0.4 is 21.1 Å². The zero-order valence-corrected chi connectivity index (χ0v) is 14.4. The number of hydrogen-bond donors (Lipinski definition) is 3. The molecule has 132 valence electrons. The van der Waals surface area contributed by atoms with Crippen molar-refractivity contribution in [1.82, 2.24) is 5.32 Å². The molecule has 2 rings (SSSR count). The molecule has 0 saturated carbocycles. The van der Waals surface area contributed by atoms with Gasteiger partial charge >= 0.3 is 6.03 Å². The van der Waals surface area contributed by atoms with Gasteiger partial charge in [-0.25, -0.2) is 4.79 Å². The lowest BCUT2D eigenvalue weighted by Crippen LogP contribution is -2.25. The highest BCUT2D eigenvalue weighted by Gasteiger charge is 2.05. The Morgan fingerprint density at radius 2 is 1.68 bits per heavy atom. The highest BCUT2D eigenvalue weighted by Crippen LogP contribution is 2.15. The van der Waals surface area contributed by atoms with Crippen LogP contribution in [0.4, 0.5) is 10.5 Å². The Bertz CT molecular complexity index is 703. The van der Waals surface area contributed by atoms with E-state index in [1.807, 2.05) is 12.1 Å². The number of carbonyl (C=O) groups is 2. The van der Waals surface area contributed by atoms with Crippen LogP contribution in [0.2, 0.25) is 5.02 Å². The average molecular weight is 362 g/mol. The maximum absolute atomic E-state index is 12.0. The molecule has 0 saturated heterocycles. The van der Waals surface area contributed by atoms with Gasteiger partial charge in [0.25, 0.3) is 5.91 Å². The number of amides is 3. The molecule has 0 aliphatic rings. The number of unbranched alkanes of at least 4 members (excludes halogenated alkanes) is 1. The molecule has 0 radical (unpaired) electrons. The fourth-order valence-corrected chi connectivity index (χ4v) is 2.23. The number of nitrogens with one attached hydrogen (secondary N) is 2. The van der Waals surface area contributed by atoms with E-state index in [1.54, 1.807) is 36.4 Å². The van der Waals surface area contributed by atoms with Crippen molar-refractivity contribution in [3.63, 3.8) is 0 Å². The third-order valence-corrected chi connectivity index (χ3v) is 3.61. The van der Waals surface area contributed by atoms with Crippen molar-refractivity contribution < 1.29 is 14.3 Å². The number of rotatable bonds is 8. The summed E-state index contributed by atoms with van der Waals surface area (Å²) in [5.74, 6) is 0.613. The van der Waals surface area contributed by atoms with E-state index in [0.29, 0.717) is 29.4 Å². The van der Waals surface area contributed by atoms with Crippen LogP contribution in [0.25, 0.3) is 0 Å². The smallest absolute Gasteiger partial charge is 0.316 e. The largest absolute Gasteiger partial charge is 0.494 e. The fourth-order valence-electron chi connectivity index (χ4n) is 2.10. The molecule has 0 aromatic heterocycles. The summed E-state index contributed by atoms with van der Waals surface area (Å²) in [4.78, 5) is 22.7. The predicted octanol–water partition coefficient (Wildman–Crippen LogP) is 3.42. The van der Waals surface area contributed by atoms with Gasteiger partial charge in [-0.1, -0.05) is 11.6 Å². The van der Waals surface area contributed by atoms with Crippen molar-refractivity contribution in [3.8, 4) is 5.75 Å². The summed E-state index contributed by atoms with van der Waals surface area (Å²) in [6.07, 6.45) is 1.63. The van der Waals surface area contributed by atoms with E-state index in [1.165, 1.54) is 0 Å². The molecule has 0 unspecified atom stereocenters. The van der Waals surface area contributed by atoms with Gasteiger partial charge in [0, 0.05) is 22.8 Å². The molecule has 7 heteroatoms. The number of hydrogen-bond acceptors (Lipinski definition) is 3. The van der Waals surface area contributed by atoms with Gasteiger partial charge < -0.3 is 21.1 Å². The molecule has 0 aliphatic carbocycles. The summed E-state index contributed by atoms with van der Waals surface area (Å²) in [6, 6.07) is 13.1. The van der Waals surface area contributed by atoms with Crippen LogP contribution in [0.5, 0.6) is 5.75 Å². The Hall–Kier alpha value is -2.73. The minimum atomic E-state index is -0.641. The van der Waals surface area contributed by atoms with Crippen molar-refractivity contribution in [2.45, 2.75) is 12.8 Å². The molecule has 0 aliphatic heterocycles. The normalized spacial score (nSPS) is 10.1. The molecule has 0 atom stereocenters. The quantitative estimate of drug-likeness (QED) is 0.629. The average Bonchev–Trinajstić information content (AvgIpc) is 2.59. The molecular weight excluding hydrogens is 342 g/mol. The van der Waals surface area contributed by atoms with Crippen molar-refractivity contribution in [1.29, 1.82) is 0 Å². The fraction of sp³-hybridized carbons (Fsp3) is 0.222. The van der Waals surface area contributed by atoms with Crippen LogP contribution in [-0.4, -0.2) is 25.1 Å². The topological polar surface area (TPSA) is 93.5 Å². The summed E-state index contributed by atoms with van der Waals surface area (Å²) in [5, 5.41) is 5.96. The molecule has 2 aromatic carbocycles. The number of primary amides is 1. The van der Waals surface area contributed by atoms with Crippen LogP contribution in [0.1, 0.15) is 23.2 Å². The van der Waals surface area contributed by atoms with E-state index in [-0.39, 0.29) is 5.91 Å². The second-order valence-corrected chi connectivity index (χ2v) is 5.77. The third-order valence-electron chi connectivity index (χ3n) is 3.35. The Morgan fingerprint density at radius 3 is 2.32 bits per heavy atom.